The third kappa shape index (κ3) is 4.29. The molecule has 0 aliphatic heterocycles. The molecule has 90 valence electrons. The number of hydrogen-bond donors (Lipinski definition) is 2. The summed E-state index contributed by atoms with van der Waals surface area (Å²) in [4.78, 5) is 0. The molecule has 0 radical (unpaired) electrons. The van der Waals surface area contributed by atoms with Gasteiger partial charge in [-0.3, -0.25) is 0 Å². The Balaban J connectivity index is 2.32. The maximum atomic E-state index is 12.8. The van der Waals surface area contributed by atoms with E-state index in [1.807, 2.05) is 19.9 Å². The lowest BCUT2D eigenvalue weighted by atomic mass is 10.1. The van der Waals surface area contributed by atoms with Gasteiger partial charge in [-0.25, -0.2) is 4.39 Å². The molecule has 0 aliphatic carbocycles. The molecule has 1 rings (SSSR count). The minimum atomic E-state index is -0.269. The molecule has 1 aromatic carbocycles. The van der Waals surface area contributed by atoms with Crippen LogP contribution >= 0.6 is 0 Å². The Morgan fingerprint density at radius 1 is 1.44 bits per heavy atom. The van der Waals surface area contributed by atoms with Gasteiger partial charge in [0.25, 0.3) is 0 Å². The van der Waals surface area contributed by atoms with Gasteiger partial charge in [-0.15, -0.1) is 0 Å². The third-order valence-corrected chi connectivity index (χ3v) is 2.73. The van der Waals surface area contributed by atoms with Crippen molar-refractivity contribution >= 4 is 0 Å². The normalized spacial score (nSPS) is 12.8. The van der Waals surface area contributed by atoms with E-state index in [2.05, 4.69) is 5.32 Å². The van der Waals surface area contributed by atoms with Crippen LogP contribution in [0, 0.1) is 12.7 Å². The van der Waals surface area contributed by atoms with Gasteiger partial charge in [0.1, 0.15) is 5.82 Å². The second-order valence-corrected chi connectivity index (χ2v) is 4.09. The molecule has 0 saturated carbocycles. The van der Waals surface area contributed by atoms with Gasteiger partial charge < -0.3 is 10.4 Å². The van der Waals surface area contributed by atoms with E-state index in [0.29, 0.717) is 6.54 Å². The second-order valence-electron chi connectivity index (χ2n) is 4.09. The average Bonchev–Trinajstić information content (AvgIpc) is 2.26. The Kier molecular flexibility index (Phi) is 5.43. The van der Waals surface area contributed by atoms with Crippen LogP contribution < -0.4 is 5.32 Å². The van der Waals surface area contributed by atoms with Gasteiger partial charge in [-0.2, -0.15) is 0 Å². The molecule has 0 spiro atoms. The van der Waals surface area contributed by atoms with Gasteiger partial charge in [0, 0.05) is 6.54 Å². The quantitative estimate of drug-likeness (QED) is 0.726. The first-order valence-electron chi connectivity index (χ1n) is 5.77. The van der Waals surface area contributed by atoms with Crippen molar-refractivity contribution in [3.8, 4) is 0 Å². The highest BCUT2D eigenvalue weighted by Crippen LogP contribution is 2.10. The average molecular weight is 225 g/mol. The van der Waals surface area contributed by atoms with E-state index in [-0.39, 0.29) is 11.9 Å². The first-order chi connectivity index (χ1) is 7.63. The van der Waals surface area contributed by atoms with Crippen molar-refractivity contribution in [2.75, 3.05) is 13.1 Å². The molecule has 0 aliphatic rings. The van der Waals surface area contributed by atoms with E-state index in [4.69, 9.17) is 0 Å². The zero-order chi connectivity index (χ0) is 12.0. The van der Waals surface area contributed by atoms with Gasteiger partial charge in [-0.05, 0) is 49.6 Å². The van der Waals surface area contributed by atoms with Crippen LogP contribution in [0.4, 0.5) is 4.39 Å². The molecule has 2 N–H and O–H groups in total. The molecule has 0 fully saturated rings. The smallest absolute Gasteiger partial charge is 0.123 e. The van der Waals surface area contributed by atoms with Crippen LogP contribution in [0.5, 0.6) is 0 Å². The van der Waals surface area contributed by atoms with Crippen LogP contribution in [0.15, 0.2) is 18.2 Å². The molecular weight excluding hydrogens is 205 g/mol. The minimum absolute atomic E-state index is 0.185. The fourth-order valence-corrected chi connectivity index (χ4v) is 1.58. The zero-order valence-electron chi connectivity index (χ0n) is 9.96. The number of aryl methyl sites for hydroxylation is 1. The van der Waals surface area contributed by atoms with Crippen LogP contribution in [0.2, 0.25) is 0 Å². The number of benzene rings is 1. The van der Waals surface area contributed by atoms with E-state index < -0.39 is 0 Å². The van der Waals surface area contributed by atoms with Crippen molar-refractivity contribution < 1.29 is 9.50 Å². The Morgan fingerprint density at radius 3 is 2.81 bits per heavy atom. The summed E-state index contributed by atoms with van der Waals surface area (Å²) in [5.74, 6) is -0.185. The standard InChI is InChI=1S/C13H20FNO/c1-3-13(16)9-15-7-6-11-4-5-12(14)8-10(11)2/h4-5,8,13,15-16H,3,6-7,9H2,1-2H3. The fraction of sp³-hybridized carbons (Fsp3) is 0.538. The molecule has 0 bridgehead atoms. The van der Waals surface area contributed by atoms with E-state index in [1.54, 1.807) is 6.07 Å². The van der Waals surface area contributed by atoms with Gasteiger partial charge in [0.05, 0.1) is 6.10 Å². The van der Waals surface area contributed by atoms with E-state index in [1.165, 1.54) is 6.07 Å². The van der Waals surface area contributed by atoms with Gasteiger partial charge in [0.15, 0.2) is 0 Å². The molecule has 2 nitrogen and oxygen atoms in total. The highest BCUT2D eigenvalue weighted by molar-refractivity contribution is 5.26. The van der Waals surface area contributed by atoms with Gasteiger partial charge >= 0.3 is 0 Å². The Labute approximate surface area is 96.5 Å². The topological polar surface area (TPSA) is 32.3 Å². The number of halogens is 1. The Bertz CT molecular complexity index is 328. The summed E-state index contributed by atoms with van der Waals surface area (Å²) in [6.07, 6.45) is 1.36. The first-order valence-corrected chi connectivity index (χ1v) is 5.77. The molecule has 16 heavy (non-hydrogen) atoms. The van der Waals surface area contributed by atoms with Crippen LogP contribution in [0.1, 0.15) is 24.5 Å². The molecule has 3 heteroatoms. The predicted octanol–water partition coefficient (Wildman–Crippen LogP) is 2.04. The van der Waals surface area contributed by atoms with Crippen molar-refractivity contribution in [3.63, 3.8) is 0 Å². The molecule has 0 aromatic heterocycles. The molecule has 0 amide bonds. The lowest BCUT2D eigenvalue weighted by molar-refractivity contribution is 0.168. The SMILES string of the molecule is CCC(O)CNCCc1ccc(F)cc1C. The Morgan fingerprint density at radius 2 is 2.19 bits per heavy atom. The van der Waals surface area contributed by atoms with Crippen molar-refractivity contribution in [2.24, 2.45) is 0 Å². The molecule has 1 atom stereocenters. The maximum absolute atomic E-state index is 12.8. The minimum Gasteiger partial charge on any atom is -0.392 e. The van der Waals surface area contributed by atoms with Crippen LogP contribution in [-0.4, -0.2) is 24.3 Å². The molecule has 0 heterocycles. The third-order valence-electron chi connectivity index (χ3n) is 2.73. The van der Waals surface area contributed by atoms with Crippen LogP contribution in [-0.2, 0) is 6.42 Å². The fourth-order valence-electron chi connectivity index (χ4n) is 1.58. The lowest BCUT2D eigenvalue weighted by Crippen LogP contribution is -2.27. The molecule has 0 saturated heterocycles. The highest BCUT2D eigenvalue weighted by Gasteiger charge is 2.01. The first kappa shape index (κ1) is 13.1. The maximum Gasteiger partial charge on any atom is 0.123 e. The Hall–Kier alpha value is -0.930. The number of hydrogen-bond acceptors (Lipinski definition) is 2. The molecule has 1 unspecified atom stereocenters. The van der Waals surface area contributed by atoms with Crippen molar-refractivity contribution in [2.45, 2.75) is 32.8 Å². The summed E-state index contributed by atoms with van der Waals surface area (Å²) in [5.41, 5.74) is 2.14. The summed E-state index contributed by atoms with van der Waals surface area (Å²) in [5, 5.41) is 12.5. The summed E-state index contributed by atoms with van der Waals surface area (Å²) in [6, 6.07) is 4.86. The number of aliphatic hydroxyl groups is 1. The van der Waals surface area contributed by atoms with Crippen LogP contribution in [0.3, 0.4) is 0 Å². The number of rotatable bonds is 6. The number of nitrogens with one attached hydrogen (secondary N) is 1. The number of aliphatic hydroxyl groups excluding tert-OH is 1. The monoisotopic (exact) mass is 225 g/mol. The lowest BCUT2D eigenvalue weighted by Gasteiger charge is -2.10. The molecular formula is C13H20FNO. The summed E-state index contributed by atoms with van der Waals surface area (Å²) in [7, 11) is 0. The molecule has 1 aromatic rings. The summed E-state index contributed by atoms with van der Waals surface area (Å²) >= 11 is 0. The van der Waals surface area contributed by atoms with Gasteiger partial charge in [-0.1, -0.05) is 13.0 Å². The van der Waals surface area contributed by atoms with E-state index >= 15 is 0 Å². The van der Waals surface area contributed by atoms with Crippen molar-refractivity contribution in [3.05, 3.63) is 35.1 Å². The van der Waals surface area contributed by atoms with Crippen LogP contribution in [0.25, 0.3) is 0 Å². The van der Waals surface area contributed by atoms with Crippen molar-refractivity contribution in [1.29, 1.82) is 0 Å². The summed E-state index contributed by atoms with van der Waals surface area (Å²) in [6.45, 7) is 5.30. The zero-order valence-corrected chi connectivity index (χ0v) is 9.96. The predicted molar refractivity (Wildman–Crippen MR) is 64.0 cm³/mol. The summed E-state index contributed by atoms with van der Waals surface area (Å²) < 4.78 is 12.8. The largest absolute Gasteiger partial charge is 0.392 e. The van der Waals surface area contributed by atoms with E-state index in [9.17, 15) is 9.50 Å². The van der Waals surface area contributed by atoms with Crippen molar-refractivity contribution in [1.82, 2.24) is 5.32 Å². The van der Waals surface area contributed by atoms with Gasteiger partial charge in [0.2, 0.25) is 0 Å². The van der Waals surface area contributed by atoms with E-state index in [0.717, 1.165) is 30.5 Å². The second kappa shape index (κ2) is 6.61. The highest BCUT2D eigenvalue weighted by atomic mass is 19.1.